The molecule has 5 heteroatoms. The third kappa shape index (κ3) is 3.58. The van der Waals surface area contributed by atoms with Crippen LogP contribution in [-0.2, 0) is 20.9 Å². The molecule has 18 heavy (non-hydrogen) atoms. The first kappa shape index (κ1) is 13.1. The zero-order chi connectivity index (χ0) is 13.0. The summed E-state index contributed by atoms with van der Waals surface area (Å²) >= 11 is 0. The van der Waals surface area contributed by atoms with Crippen molar-refractivity contribution in [3.8, 4) is 0 Å². The molecule has 4 nitrogen and oxygen atoms in total. The summed E-state index contributed by atoms with van der Waals surface area (Å²) in [5.74, 6) is -0.360. The van der Waals surface area contributed by atoms with Gasteiger partial charge in [0, 0.05) is 19.1 Å². The lowest BCUT2D eigenvalue weighted by Crippen LogP contribution is -2.49. The van der Waals surface area contributed by atoms with Gasteiger partial charge in [0.05, 0.1) is 0 Å². The zero-order valence-electron chi connectivity index (χ0n) is 10.4. The fraction of sp³-hybridized carbons (Fsp3) is 0.462. The zero-order valence-corrected chi connectivity index (χ0v) is 10.4. The largest absolute Gasteiger partial charge is 0.459 e. The van der Waals surface area contributed by atoms with Gasteiger partial charge in [-0.05, 0) is 12.6 Å². The third-order valence-electron chi connectivity index (χ3n) is 2.79. The van der Waals surface area contributed by atoms with Crippen LogP contribution in [0.2, 0.25) is 0 Å². The lowest BCUT2D eigenvalue weighted by atomic mass is 9.97. The van der Waals surface area contributed by atoms with Crippen molar-refractivity contribution in [2.45, 2.75) is 18.7 Å². The molecule has 1 saturated heterocycles. The molecule has 94 valence electrons. The molecular formula is C13H16BNO3. The van der Waals surface area contributed by atoms with Crippen LogP contribution in [0, 0.1) is 0 Å². The van der Waals surface area contributed by atoms with E-state index < -0.39 is 12.1 Å². The molecule has 1 aliphatic rings. The molecule has 0 bridgehead atoms. The molecule has 1 aromatic rings. The number of benzene rings is 1. The van der Waals surface area contributed by atoms with Gasteiger partial charge in [0.15, 0.2) is 6.10 Å². The number of rotatable bonds is 3. The Kier molecular flexibility index (Phi) is 4.39. The lowest BCUT2D eigenvalue weighted by Gasteiger charge is -2.33. The number of ether oxygens (including phenoxy) is 2. The van der Waals surface area contributed by atoms with E-state index in [-0.39, 0.29) is 12.6 Å². The second-order valence-corrected chi connectivity index (χ2v) is 4.48. The average Bonchev–Trinajstić information content (AvgIpc) is 2.36. The van der Waals surface area contributed by atoms with Gasteiger partial charge in [-0.2, -0.15) is 0 Å². The highest BCUT2D eigenvalue weighted by Gasteiger charge is 2.29. The number of likely N-dealkylation sites (N-methyl/N-ethyl adjacent to an activating group) is 1. The first-order valence-electron chi connectivity index (χ1n) is 5.95. The normalized spacial score (nSPS) is 24.7. The molecule has 1 aliphatic heterocycles. The number of hydrogen-bond acceptors (Lipinski definition) is 4. The van der Waals surface area contributed by atoms with Gasteiger partial charge in [-0.25, -0.2) is 4.79 Å². The Morgan fingerprint density at radius 1 is 1.44 bits per heavy atom. The molecule has 0 N–H and O–H groups in total. The summed E-state index contributed by atoms with van der Waals surface area (Å²) in [6.45, 7) is 1.41. The molecule has 0 saturated carbocycles. The van der Waals surface area contributed by atoms with E-state index in [0.29, 0.717) is 13.1 Å². The van der Waals surface area contributed by atoms with Crippen molar-refractivity contribution in [1.29, 1.82) is 0 Å². The van der Waals surface area contributed by atoms with E-state index >= 15 is 0 Å². The van der Waals surface area contributed by atoms with Crippen LogP contribution < -0.4 is 0 Å². The number of hydrogen-bond donors (Lipinski definition) is 0. The molecule has 2 radical (unpaired) electrons. The predicted octanol–water partition coefficient (Wildman–Crippen LogP) is 0.555. The SMILES string of the molecule is [B]C1CN(C)CC(C(=O)OCc2ccccc2)O1. The van der Waals surface area contributed by atoms with Crippen molar-refractivity contribution >= 4 is 13.8 Å². The molecule has 1 fully saturated rings. The highest BCUT2D eigenvalue weighted by atomic mass is 16.6. The van der Waals surface area contributed by atoms with E-state index in [2.05, 4.69) is 0 Å². The van der Waals surface area contributed by atoms with Crippen molar-refractivity contribution in [3.05, 3.63) is 35.9 Å². The molecule has 1 aromatic carbocycles. The van der Waals surface area contributed by atoms with Crippen molar-refractivity contribution in [2.75, 3.05) is 20.1 Å². The average molecular weight is 245 g/mol. The Hall–Kier alpha value is -1.33. The highest BCUT2D eigenvalue weighted by Crippen LogP contribution is 2.10. The van der Waals surface area contributed by atoms with E-state index in [4.69, 9.17) is 17.3 Å². The molecule has 2 rings (SSSR count). The van der Waals surface area contributed by atoms with Gasteiger partial charge in [0.25, 0.3) is 0 Å². The summed E-state index contributed by atoms with van der Waals surface area (Å²) in [6.07, 6.45) is -0.595. The van der Waals surface area contributed by atoms with Gasteiger partial charge in [-0.15, -0.1) is 0 Å². The van der Waals surface area contributed by atoms with Crippen LogP contribution in [-0.4, -0.2) is 51.0 Å². The Balaban J connectivity index is 1.84. The van der Waals surface area contributed by atoms with Crippen molar-refractivity contribution in [3.63, 3.8) is 0 Å². The van der Waals surface area contributed by atoms with Gasteiger partial charge >= 0.3 is 5.97 Å². The Morgan fingerprint density at radius 3 is 2.83 bits per heavy atom. The second-order valence-electron chi connectivity index (χ2n) is 4.48. The minimum atomic E-state index is -0.595. The number of carbonyl (C=O) groups is 1. The molecule has 2 unspecified atom stereocenters. The van der Waals surface area contributed by atoms with E-state index in [1.54, 1.807) is 0 Å². The standard InChI is InChI=1S/C13H16BNO3/c1-15-7-11(18-12(14)8-15)13(16)17-9-10-5-3-2-4-6-10/h2-6,11-12H,7-9H2,1H3. The first-order chi connectivity index (χ1) is 8.65. The summed E-state index contributed by atoms with van der Waals surface area (Å²) in [7, 11) is 7.59. The minimum absolute atomic E-state index is 0.262. The topological polar surface area (TPSA) is 38.8 Å². The number of morpholine rings is 1. The lowest BCUT2D eigenvalue weighted by molar-refractivity contribution is -0.165. The van der Waals surface area contributed by atoms with Gasteiger partial charge in [0.1, 0.15) is 14.5 Å². The van der Waals surface area contributed by atoms with Crippen molar-refractivity contribution in [1.82, 2.24) is 4.90 Å². The molecular weight excluding hydrogens is 229 g/mol. The predicted molar refractivity (Wildman–Crippen MR) is 68.2 cm³/mol. The maximum absolute atomic E-state index is 11.8. The Morgan fingerprint density at radius 2 is 2.17 bits per heavy atom. The molecule has 0 aromatic heterocycles. The smallest absolute Gasteiger partial charge is 0.336 e. The summed E-state index contributed by atoms with van der Waals surface area (Å²) in [4.78, 5) is 13.8. The molecule has 2 atom stereocenters. The van der Waals surface area contributed by atoms with Gasteiger partial charge < -0.3 is 14.4 Å². The highest BCUT2D eigenvalue weighted by molar-refractivity contribution is 6.11. The van der Waals surface area contributed by atoms with E-state index in [9.17, 15) is 4.79 Å². The van der Waals surface area contributed by atoms with Crippen LogP contribution in [0.1, 0.15) is 5.56 Å². The molecule has 0 aliphatic carbocycles. The monoisotopic (exact) mass is 245 g/mol. The van der Waals surface area contributed by atoms with Crippen LogP contribution in [0.25, 0.3) is 0 Å². The van der Waals surface area contributed by atoms with E-state index in [1.165, 1.54) is 0 Å². The van der Waals surface area contributed by atoms with Gasteiger partial charge in [-0.1, -0.05) is 30.3 Å². The van der Waals surface area contributed by atoms with Crippen LogP contribution in [0.5, 0.6) is 0 Å². The van der Waals surface area contributed by atoms with Crippen LogP contribution in [0.3, 0.4) is 0 Å². The van der Waals surface area contributed by atoms with Crippen LogP contribution >= 0.6 is 0 Å². The maximum atomic E-state index is 11.8. The number of nitrogens with zero attached hydrogens (tertiary/aromatic N) is 1. The van der Waals surface area contributed by atoms with E-state index in [1.807, 2.05) is 42.3 Å². The second kappa shape index (κ2) is 6.02. The van der Waals surface area contributed by atoms with E-state index in [0.717, 1.165) is 5.56 Å². The van der Waals surface area contributed by atoms with Gasteiger partial charge in [0.2, 0.25) is 0 Å². The first-order valence-corrected chi connectivity index (χ1v) is 5.95. The minimum Gasteiger partial charge on any atom is -0.459 e. The van der Waals surface area contributed by atoms with Crippen molar-refractivity contribution in [2.24, 2.45) is 0 Å². The fourth-order valence-electron chi connectivity index (χ4n) is 1.91. The van der Waals surface area contributed by atoms with Crippen molar-refractivity contribution < 1.29 is 14.3 Å². The molecule has 0 amide bonds. The Bertz CT molecular complexity index is 388. The van der Waals surface area contributed by atoms with Crippen LogP contribution in [0.15, 0.2) is 30.3 Å². The van der Waals surface area contributed by atoms with Gasteiger partial charge in [-0.3, -0.25) is 0 Å². The number of carbonyl (C=O) groups excluding carboxylic acids is 1. The third-order valence-corrected chi connectivity index (χ3v) is 2.79. The maximum Gasteiger partial charge on any atom is 0.336 e. The van der Waals surface area contributed by atoms with Crippen LogP contribution in [0.4, 0.5) is 0 Å². The number of esters is 1. The summed E-state index contributed by atoms with van der Waals surface area (Å²) in [6, 6.07) is 9.12. The Labute approximate surface area is 108 Å². The molecule has 1 heterocycles. The fourth-order valence-corrected chi connectivity index (χ4v) is 1.91. The molecule has 0 spiro atoms. The quantitative estimate of drug-likeness (QED) is 0.576. The summed E-state index contributed by atoms with van der Waals surface area (Å²) in [5.41, 5.74) is 0.958. The summed E-state index contributed by atoms with van der Waals surface area (Å²) < 4.78 is 10.6. The summed E-state index contributed by atoms with van der Waals surface area (Å²) in [5, 5.41) is 0.